The van der Waals surface area contributed by atoms with Crippen LogP contribution in [0.2, 0.25) is 0 Å². The van der Waals surface area contributed by atoms with Crippen LogP contribution in [0.15, 0.2) is 4.99 Å². The van der Waals surface area contributed by atoms with Crippen LogP contribution in [0.3, 0.4) is 0 Å². The third-order valence-electron chi connectivity index (χ3n) is 4.46. The van der Waals surface area contributed by atoms with E-state index in [4.69, 9.17) is 15.2 Å². The molecular formula is C16H28N4O5. The second-order valence-electron chi connectivity index (χ2n) is 6.55. The molecule has 142 valence electrons. The summed E-state index contributed by atoms with van der Waals surface area (Å²) in [7, 11) is 1.26. The van der Waals surface area contributed by atoms with Crippen molar-refractivity contribution in [3.8, 4) is 0 Å². The van der Waals surface area contributed by atoms with E-state index in [9.17, 15) is 9.59 Å². The number of nitrogens with one attached hydrogen (secondary N) is 1. The van der Waals surface area contributed by atoms with Gasteiger partial charge in [-0.1, -0.05) is 13.8 Å². The van der Waals surface area contributed by atoms with Gasteiger partial charge in [0.2, 0.25) is 5.91 Å². The molecule has 0 aromatic heterocycles. The van der Waals surface area contributed by atoms with Crippen molar-refractivity contribution in [3.63, 3.8) is 0 Å². The number of methoxy groups -OCH3 is 1. The molecule has 2 saturated heterocycles. The van der Waals surface area contributed by atoms with E-state index in [-0.39, 0.29) is 18.4 Å². The molecule has 0 aliphatic carbocycles. The fourth-order valence-electron chi connectivity index (χ4n) is 3.21. The second-order valence-corrected chi connectivity index (χ2v) is 6.55. The number of alkyl carbamates (subject to hydrolysis) is 1. The summed E-state index contributed by atoms with van der Waals surface area (Å²) in [5.41, 5.74) is 6.11. The van der Waals surface area contributed by atoms with Gasteiger partial charge in [0.15, 0.2) is 5.79 Å². The summed E-state index contributed by atoms with van der Waals surface area (Å²) in [6, 6.07) is -1.16. The number of hydrogen-bond acceptors (Lipinski definition) is 6. The average molecular weight is 356 g/mol. The topological polar surface area (TPSA) is 115 Å². The van der Waals surface area contributed by atoms with E-state index >= 15 is 0 Å². The van der Waals surface area contributed by atoms with Gasteiger partial charge in [-0.3, -0.25) is 9.79 Å². The van der Waals surface area contributed by atoms with Gasteiger partial charge in [0, 0.05) is 13.0 Å². The van der Waals surface area contributed by atoms with Crippen molar-refractivity contribution in [2.75, 3.05) is 33.4 Å². The third kappa shape index (κ3) is 4.21. The number of ether oxygens (including phenoxy) is 3. The van der Waals surface area contributed by atoms with Crippen LogP contribution in [0.5, 0.6) is 0 Å². The van der Waals surface area contributed by atoms with Gasteiger partial charge in [-0.05, 0) is 12.8 Å². The number of amidine groups is 1. The first kappa shape index (κ1) is 19.5. The van der Waals surface area contributed by atoms with Gasteiger partial charge in [-0.25, -0.2) is 4.79 Å². The highest BCUT2D eigenvalue weighted by molar-refractivity contribution is 5.94. The van der Waals surface area contributed by atoms with Crippen molar-refractivity contribution in [1.29, 1.82) is 0 Å². The predicted molar refractivity (Wildman–Crippen MR) is 91.1 cm³/mol. The van der Waals surface area contributed by atoms with E-state index in [0.29, 0.717) is 32.0 Å². The van der Waals surface area contributed by atoms with Gasteiger partial charge in [-0.15, -0.1) is 0 Å². The maximum atomic E-state index is 13.1. The summed E-state index contributed by atoms with van der Waals surface area (Å²) in [5, 5.41) is 2.60. The molecular weight excluding hydrogens is 328 g/mol. The second kappa shape index (κ2) is 8.01. The predicted octanol–water partition coefficient (Wildman–Crippen LogP) is 0.0881. The Morgan fingerprint density at radius 3 is 2.56 bits per heavy atom. The van der Waals surface area contributed by atoms with Gasteiger partial charge >= 0.3 is 6.09 Å². The molecule has 2 fully saturated rings. The molecule has 0 saturated carbocycles. The SMILES string of the molecule is CCN=C(N)[C@@H]1CC2(CN1C(=O)[C@@H](NC(=O)OC)C(C)C)OCCO2. The first-order valence-corrected chi connectivity index (χ1v) is 8.56. The quantitative estimate of drug-likeness (QED) is 0.533. The Kier molecular flexibility index (Phi) is 6.23. The van der Waals surface area contributed by atoms with Crippen LogP contribution in [0.25, 0.3) is 0 Å². The normalized spacial score (nSPS) is 24.0. The highest BCUT2D eigenvalue weighted by Gasteiger charge is 2.52. The Bertz CT molecular complexity index is 531. The number of carbonyl (C=O) groups is 2. The van der Waals surface area contributed by atoms with Crippen molar-refractivity contribution in [2.24, 2.45) is 16.6 Å². The van der Waals surface area contributed by atoms with Gasteiger partial charge in [0.25, 0.3) is 0 Å². The first-order valence-electron chi connectivity index (χ1n) is 8.56. The van der Waals surface area contributed by atoms with Crippen molar-refractivity contribution in [1.82, 2.24) is 10.2 Å². The Morgan fingerprint density at radius 1 is 1.40 bits per heavy atom. The summed E-state index contributed by atoms with van der Waals surface area (Å²) in [6.07, 6.45) is -0.224. The van der Waals surface area contributed by atoms with Gasteiger partial charge in [-0.2, -0.15) is 0 Å². The van der Waals surface area contributed by atoms with Gasteiger partial charge in [0.1, 0.15) is 11.9 Å². The van der Waals surface area contributed by atoms with Crippen LogP contribution in [0.1, 0.15) is 27.2 Å². The Hall–Kier alpha value is -1.87. The molecule has 2 aliphatic rings. The molecule has 2 heterocycles. The number of rotatable bonds is 5. The lowest BCUT2D eigenvalue weighted by Crippen LogP contribution is -2.55. The van der Waals surface area contributed by atoms with Gasteiger partial charge in [0.05, 0.1) is 32.9 Å². The molecule has 0 bridgehead atoms. The molecule has 9 heteroatoms. The molecule has 0 radical (unpaired) electrons. The monoisotopic (exact) mass is 356 g/mol. The smallest absolute Gasteiger partial charge is 0.407 e. The zero-order valence-corrected chi connectivity index (χ0v) is 15.3. The summed E-state index contributed by atoms with van der Waals surface area (Å²) >= 11 is 0. The minimum atomic E-state index is -0.846. The molecule has 9 nitrogen and oxygen atoms in total. The van der Waals surface area contributed by atoms with Crippen LogP contribution < -0.4 is 11.1 Å². The number of nitrogens with two attached hydrogens (primary N) is 1. The third-order valence-corrected chi connectivity index (χ3v) is 4.46. The van der Waals surface area contributed by atoms with E-state index in [1.165, 1.54) is 7.11 Å². The molecule has 0 aromatic carbocycles. The zero-order chi connectivity index (χ0) is 18.6. The largest absolute Gasteiger partial charge is 0.453 e. The molecule has 0 unspecified atom stereocenters. The summed E-state index contributed by atoms with van der Waals surface area (Å²) in [6.45, 7) is 7.32. The van der Waals surface area contributed by atoms with Crippen molar-refractivity contribution in [3.05, 3.63) is 0 Å². The molecule has 2 amide bonds. The number of likely N-dealkylation sites (tertiary alicyclic amines) is 1. The van der Waals surface area contributed by atoms with Crippen LogP contribution in [-0.2, 0) is 19.0 Å². The van der Waals surface area contributed by atoms with Crippen molar-refractivity contribution < 1.29 is 23.8 Å². The Labute approximate surface area is 147 Å². The van der Waals surface area contributed by atoms with E-state index < -0.39 is 24.0 Å². The molecule has 2 rings (SSSR count). The average Bonchev–Trinajstić information content (AvgIpc) is 3.19. The summed E-state index contributed by atoms with van der Waals surface area (Å²) in [5.74, 6) is -0.859. The zero-order valence-electron chi connectivity index (χ0n) is 15.3. The minimum Gasteiger partial charge on any atom is -0.453 e. The number of amides is 2. The standard InChI is InChI=1S/C16H28N4O5/c1-5-18-13(17)11-8-16(24-6-7-25-16)9-20(11)14(21)12(10(2)3)19-15(22)23-4/h10-12H,5-9H2,1-4H3,(H2,17,18)(H,19,22)/t11-,12-/m0/s1. The maximum absolute atomic E-state index is 13.1. The fourth-order valence-corrected chi connectivity index (χ4v) is 3.21. The molecule has 2 aliphatic heterocycles. The van der Waals surface area contributed by atoms with Crippen molar-refractivity contribution in [2.45, 2.75) is 45.1 Å². The summed E-state index contributed by atoms with van der Waals surface area (Å²) < 4.78 is 16.1. The number of nitrogens with zero attached hydrogens (tertiary/aromatic N) is 2. The van der Waals surface area contributed by atoms with Crippen LogP contribution in [0.4, 0.5) is 4.79 Å². The molecule has 3 N–H and O–H groups in total. The van der Waals surface area contributed by atoms with Crippen molar-refractivity contribution >= 4 is 17.8 Å². The fraction of sp³-hybridized carbons (Fsp3) is 0.812. The number of aliphatic imine (C=N–C) groups is 1. The molecule has 0 aromatic rings. The lowest BCUT2D eigenvalue weighted by atomic mass is 10.0. The number of hydrogen-bond donors (Lipinski definition) is 2. The van der Waals surface area contributed by atoms with E-state index in [1.54, 1.807) is 4.90 Å². The number of carbonyl (C=O) groups excluding carboxylic acids is 2. The van der Waals surface area contributed by atoms with Crippen LogP contribution in [-0.4, -0.2) is 74.0 Å². The van der Waals surface area contributed by atoms with Crippen LogP contribution in [0, 0.1) is 5.92 Å². The highest BCUT2D eigenvalue weighted by atomic mass is 16.7. The van der Waals surface area contributed by atoms with E-state index in [0.717, 1.165) is 0 Å². The lowest BCUT2D eigenvalue weighted by molar-refractivity contribution is -0.153. The molecule has 25 heavy (non-hydrogen) atoms. The maximum Gasteiger partial charge on any atom is 0.407 e. The Morgan fingerprint density at radius 2 is 2.04 bits per heavy atom. The molecule has 1 spiro atoms. The Balaban J connectivity index is 2.25. The summed E-state index contributed by atoms with van der Waals surface area (Å²) in [4.78, 5) is 30.6. The molecule has 2 atom stereocenters. The minimum absolute atomic E-state index is 0.126. The highest BCUT2D eigenvalue weighted by Crippen LogP contribution is 2.35. The first-order chi connectivity index (χ1) is 11.8. The lowest BCUT2D eigenvalue weighted by Gasteiger charge is -2.30. The van der Waals surface area contributed by atoms with Crippen LogP contribution >= 0.6 is 0 Å². The van der Waals surface area contributed by atoms with Gasteiger partial charge < -0.3 is 30.2 Å². The van der Waals surface area contributed by atoms with E-state index in [1.807, 2.05) is 20.8 Å². The van der Waals surface area contributed by atoms with E-state index in [2.05, 4.69) is 15.0 Å².